The highest BCUT2D eigenvalue weighted by atomic mass is 32.2. The molecule has 0 aliphatic heterocycles. The number of hydrogen-bond donors (Lipinski definition) is 2. The van der Waals surface area contributed by atoms with Crippen LogP contribution >= 0.6 is 0 Å². The van der Waals surface area contributed by atoms with E-state index in [1.165, 1.54) is 12.1 Å². The Bertz CT molecular complexity index is 1650. The summed E-state index contributed by atoms with van der Waals surface area (Å²) in [6.07, 6.45) is 1.28. The van der Waals surface area contributed by atoms with E-state index in [1.54, 1.807) is 6.07 Å². The number of ether oxygens (including phenoxy) is 1. The van der Waals surface area contributed by atoms with Gasteiger partial charge < -0.3 is 14.4 Å². The average molecular weight is 528 g/mol. The molecule has 0 radical (unpaired) electrons. The smallest absolute Gasteiger partial charge is 0.294 e. The van der Waals surface area contributed by atoms with E-state index in [9.17, 15) is 18.1 Å². The Morgan fingerprint density at radius 1 is 0.868 bits per heavy atom. The summed E-state index contributed by atoms with van der Waals surface area (Å²) in [5.41, 5.74) is 4.44. The summed E-state index contributed by atoms with van der Waals surface area (Å²) in [5.74, 6) is 0.758. The number of benzene rings is 4. The third-order valence-electron chi connectivity index (χ3n) is 6.79. The van der Waals surface area contributed by atoms with Crippen LogP contribution in [0.4, 0.5) is 0 Å². The monoisotopic (exact) mass is 527 g/mol. The predicted octanol–water partition coefficient (Wildman–Crippen LogP) is 5.97. The average Bonchev–Trinajstić information content (AvgIpc) is 3.32. The fourth-order valence-electron chi connectivity index (χ4n) is 4.80. The van der Waals surface area contributed by atoms with Gasteiger partial charge in [-0.15, -0.1) is 0 Å². The van der Waals surface area contributed by atoms with E-state index in [0.717, 1.165) is 33.3 Å². The van der Waals surface area contributed by atoms with Gasteiger partial charge in [0.2, 0.25) is 0 Å². The molecule has 6 nitrogen and oxygen atoms in total. The van der Waals surface area contributed by atoms with Gasteiger partial charge in [0.05, 0.1) is 17.0 Å². The molecule has 5 aromatic rings. The number of fused-ring (bicyclic) bond motifs is 1. The molecule has 0 fully saturated rings. The highest BCUT2D eigenvalue weighted by Gasteiger charge is 2.25. The lowest BCUT2D eigenvalue weighted by molar-refractivity contribution is 0.132. The quantitative estimate of drug-likeness (QED) is 0.231. The van der Waals surface area contributed by atoms with Gasteiger partial charge in [-0.05, 0) is 65.6 Å². The molecule has 0 aliphatic rings. The molecule has 0 saturated carbocycles. The number of aromatic nitrogens is 1. The minimum absolute atomic E-state index is 0.184. The van der Waals surface area contributed by atoms with E-state index in [4.69, 9.17) is 4.74 Å². The third-order valence-corrected chi connectivity index (χ3v) is 7.64. The summed E-state index contributed by atoms with van der Waals surface area (Å²) >= 11 is 0. The van der Waals surface area contributed by atoms with Crippen LogP contribution < -0.4 is 4.74 Å². The van der Waals surface area contributed by atoms with Crippen molar-refractivity contribution in [2.45, 2.75) is 37.0 Å². The summed E-state index contributed by atoms with van der Waals surface area (Å²) in [6.45, 7) is 2.33. The maximum absolute atomic E-state index is 11.7. The first-order valence-electron chi connectivity index (χ1n) is 12.4. The van der Waals surface area contributed by atoms with E-state index in [2.05, 4.69) is 0 Å². The van der Waals surface area contributed by atoms with Crippen molar-refractivity contribution in [1.29, 1.82) is 0 Å². The van der Waals surface area contributed by atoms with Gasteiger partial charge in [-0.3, -0.25) is 4.55 Å². The SMILES string of the molecule is Cc1ccc(S(=O)(=O)O)cc1C[C@H](O)[C@H](c1ccccc1)n1ccc2cc(OCc3ccccc3)ccc21. The molecular formula is C31H29NO5S. The van der Waals surface area contributed by atoms with Gasteiger partial charge in [-0.2, -0.15) is 8.42 Å². The van der Waals surface area contributed by atoms with Crippen molar-refractivity contribution in [2.75, 3.05) is 0 Å². The Hall–Kier alpha value is -3.91. The summed E-state index contributed by atoms with van der Waals surface area (Å²) in [5, 5.41) is 12.6. The second-order valence-electron chi connectivity index (χ2n) is 9.41. The maximum Gasteiger partial charge on any atom is 0.294 e. The first kappa shape index (κ1) is 25.7. The lowest BCUT2D eigenvalue weighted by atomic mass is 9.94. The minimum Gasteiger partial charge on any atom is -0.489 e. The molecule has 4 aromatic carbocycles. The summed E-state index contributed by atoms with van der Waals surface area (Å²) in [6, 6.07) is 31.6. The van der Waals surface area contributed by atoms with E-state index < -0.39 is 22.3 Å². The zero-order chi connectivity index (χ0) is 26.7. The molecule has 0 unspecified atom stereocenters. The number of hydrogen-bond acceptors (Lipinski definition) is 4. The Morgan fingerprint density at radius 3 is 2.29 bits per heavy atom. The van der Waals surface area contributed by atoms with Crippen LogP contribution in [0.2, 0.25) is 0 Å². The number of aryl methyl sites for hydroxylation is 1. The van der Waals surface area contributed by atoms with Crippen LogP contribution in [0.15, 0.2) is 114 Å². The van der Waals surface area contributed by atoms with E-state index in [-0.39, 0.29) is 11.3 Å². The lowest BCUT2D eigenvalue weighted by Crippen LogP contribution is -2.27. The standard InChI is InChI=1S/C31H29NO5S/c1-22-12-14-28(38(34,35)36)19-26(22)20-30(33)31(24-10-6-3-7-11-24)32-17-16-25-18-27(13-15-29(25)32)37-21-23-8-4-2-5-9-23/h2-19,30-31,33H,20-21H2,1H3,(H,34,35,36)/t30-,31-/m0/s1. The molecule has 1 heterocycles. The zero-order valence-corrected chi connectivity index (χ0v) is 21.8. The Kier molecular flexibility index (Phi) is 7.33. The maximum atomic E-state index is 11.7. The molecule has 194 valence electrons. The molecule has 0 aliphatic carbocycles. The van der Waals surface area contributed by atoms with Crippen molar-refractivity contribution in [3.63, 3.8) is 0 Å². The minimum atomic E-state index is -4.35. The molecular weight excluding hydrogens is 498 g/mol. The summed E-state index contributed by atoms with van der Waals surface area (Å²) in [4.78, 5) is -0.184. The molecule has 0 amide bonds. The number of nitrogens with zero attached hydrogens (tertiary/aromatic N) is 1. The van der Waals surface area contributed by atoms with Crippen LogP contribution in [0.5, 0.6) is 5.75 Å². The fraction of sp³-hybridized carbons (Fsp3) is 0.161. The van der Waals surface area contributed by atoms with Crippen molar-refractivity contribution in [3.05, 3.63) is 132 Å². The molecule has 0 spiro atoms. The van der Waals surface area contributed by atoms with Gasteiger partial charge in [-0.1, -0.05) is 66.7 Å². The highest BCUT2D eigenvalue weighted by molar-refractivity contribution is 7.85. The van der Waals surface area contributed by atoms with Gasteiger partial charge >= 0.3 is 0 Å². The second-order valence-corrected chi connectivity index (χ2v) is 10.8. The van der Waals surface area contributed by atoms with Gasteiger partial charge in [0, 0.05) is 23.5 Å². The van der Waals surface area contributed by atoms with Crippen LogP contribution in [0, 0.1) is 6.92 Å². The Balaban J connectivity index is 1.47. The van der Waals surface area contributed by atoms with Crippen molar-refractivity contribution >= 4 is 21.0 Å². The van der Waals surface area contributed by atoms with Gasteiger partial charge in [-0.25, -0.2) is 0 Å². The van der Waals surface area contributed by atoms with Gasteiger partial charge in [0.15, 0.2) is 0 Å². The van der Waals surface area contributed by atoms with Crippen LogP contribution in [0.25, 0.3) is 10.9 Å². The predicted molar refractivity (Wildman–Crippen MR) is 148 cm³/mol. The molecule has 2 atom stereocenters. The summed E-state index contributed by atoms with van der Waals surface area (Å²) < 4.78 is 41.0. The largest absolute Gasteiger partial charge is 0.489 e. The molecule has 5 rings (SSSR count). The zero-order valence-electron chi connectivity index (χ0n) is 20.9. The van der Waals surface area contributed by atoms with Crippen LogP contribution in [-0.4, -0.2) is 28.7 Å². The van der Waals surface area contributed by atoms with E-state index >= 15 is 0 Å². The van der Waals surface area contributed by atoms with Crippen LogP contribution in [0.1, 0.15) is 28.3 Å². The molecule has 1 aromatic heterocycles. The van der Waals surface area contributed by atoms with E-state index in [0.29, 0.717) is 12.2 Å². The lowest BCUT2D eigenvalue weighted by Gasteiger charge is -2.27. The van der Waals surface area contributed by atoms with Gasteiger partial charge in [0.1, 0.15) is 12.4 Å². The molecule has 0 saturated heterocycles. The van der Waals surface area contributed by atoms with Gasteiger partial charge in [0.25, 0.3) is 10.1 Å². The second kappa shape index (κ2) is 10.8. The van der Waals surface area contributed by atoms with Crippen molar-refractivity contribution < 1.29 is 22.8 Å². The van der Waals surface area contributed by atoms with Crippen molar-refractivity contribution in [2.24, 2.45) is 0 Å². The first-order valence-corrected chi connectivity index (χ1v) is 13.8. The Labute approximate surface area is 222 Å². The first-order chi connectivity index (χ1) is 18.3. The third kappa shape index (κ3) is 5.65. The topological polar surface area (TPSA) is 88.8 Å². The molecule has 7 heteroatoms. The Morgan fingerprint density at radius 2 is 1.58 bits per heavy atom. The van der Waals surface area contributed by atoms with E-state index in [1.807, 2.05) is 103 Å². The highest BCUT2D eigenvalue weighted by Crippen LogP contribution is 2.32. The normalized spacial score (nSPS) is 13.3. The number of aliphatic hydroxyl groups is 1. The van der Waals surface area contributed by atoms with Crippen molar-refractivity contribution in [1.82, 2.24) is 4.57 Å². The number of rotatable bonds is 9. The van der Waals surface area contributed by atoms with Crippen LogP contribution in [0.3, 0.4) is 0 Å². The molecule has 2 N–H and O–H groups in total. The summed E-state index contributed by atoms with van der Waals surface area (Å²) in [7, 11) is -4.35. The fourth-order valence-corrected chi connectivity index (χ4v) is 5.33. The molecule has 0 bridgehead atoms. The van der Waals surface area contributed by atoms with Crippen molar-refractivity contribution in [3.8, 4) is 5.75 Å². The number of aliphatic hydroxyl groups excluding tert-OH is 1. The van der Waals surface area contributed by atoms with Crippen LogP contribution in [-0.2, 0) is 23.1 Å². The molecule has 38 heavy (non-hydrogen) atoms.